The number of hydrogen-bond acceptors (Lipinski definition) is 3. The van der Waals surface area contributed by atoms with Crippen molar-refractivity contribution >= 4 is 84.5 Å². The maximum Gasteiger partial charge on any atom is 0.247 e. The zero-order valence-corrected chi connectivity index (χ0v) is 41.7. The van der Waals surface area contributed by atoms with Gasteiger partial charge in [-0.1, -0.05) is 138 Å². The molecule has 3 aliphatic rings. The first-order valence-electron chi connectivity index (χ1n) is 24.8. The number of benzene rings is 7. The van der Waals surface area contributed by atoms with Gasteiger partial charge < -0.3 is 18.7 Å². The van der Waals surface area contributed by atoms with Gasteiger partial charge in [-0.15, -0.1) is 0 Å². The molecule has 3 aromatic heterocycles. The average molecular weight is 888 g/mol. The molecule has 0 atom stereocenters. The largest absolute Gasteiger partial charge is 0.469 e. The van der Waals surface area contributed by atoms with Crippen molar-refractivity contribution in [3.8, 4) is 27.9 Å². The third kappa shape index (κ3) is 5.80. The highest BCUT2D eigenvalue weighted by atomic mass is 16.3. The van der Waals surface area contributed by atoms with Gasteiger partial charge >= 0.3 is 0 Å². The van der Waals surface area contributed by atoms with Crippen LogP contribution in [0.25, 0.3) is 82.7 Å². The van der Waals surface area contributed by atoms with E-state index in [1.54, 1.807) is 0 Å². The van der Waals surface area contributed by atoms with Crippen LogP contribution < -0.4 is 16.4 Å². The lowest BCUT2D eigenvalue weighted by molar-refractivity contribution is 0.331. The third-order valence-corrected chi connectivity index (χ3v) is 16.6. The Kier molecular flexibility index (Phi) is 8.22. The Morgan fingerprint density at radius 2 is 1.18 bits per heavy atom. The van der Waals surface area contributed by atoms with Crippen molar-refractivity contribution in [3.63, 3.8) is 0 Å². The second-order valence-corrected chi connectivity index (χ2v) is 24.4. The van der Waals surface area contributed by atoms with Crippen LogP contribution in [0.1, 0.15) is 129 Å². The lowest BCUT2D eigenvalue weighted by Gasteiger charge is -2.42. The van der Waals surface area contributed by atoms with E-state index in [0.717, 1.165) is 66.6 Å². The van der Waals surface area contributed by atoms with Gasteiger partial charge in [0.05, 0.1) is 16.9 Å². The molecular formula is C63H60BN2O2. The molecule has 1 aliphatic heterocycles. The fourth-order valence-corrected chi connectivity index (χ4v) is 12.4. The lowest BCUT2D eigenvalue weighted by Crippen LogP contribution is -2.36. The van der Waals surface area contributed by atoms with Crippen molar-refractivity contribution in [1.29, 1.82) is 0 Å². The topological polar surface area (TPSA) is 43.2 Å². The summed E-state index contributed by atoms with van der Waals surface area (Å²) in [5, 5.41) is 9.82. The molecule has 0 spiro atoms. The summed E-state index contributed by atoms with van der Waals surface area (Å²) >= 11 is 0. The van der Waals surface area contributed by atoms with Crippen LogP contribution in [-0.2, 0) is 27.1 Å². The summed E-state index contributed by atoms with van der Waals surface area (Å²) in [6.45, 7) is 28.3. The summed E-state index contributed by atoms with van der Waals surface area (Å²) in [5.41, 5.74) is 23.7. The molecule has 4 heterocycles. The van der Waals surface area contributed by atoms with Crippen molar-refractivity contribution in [1.82, 2.24) is 4.57 Å². The van der Waals surface area contributed by atoms with Crippen molar-refractivity contribution in [3.05, 3.63) is 149 Å². The summed E-state index contributed by atoms with van der Waals surface area (Å²) in [6, 6.07) is 43.8. The number of nitrogens with zero attached hydrogens (tertiary/aromatic N) is 1. The van der Waals surface area contributed by atoms with Crippen LogP contribution in [0.4, 0.5) is 11.4 Å². The quantitative estimate of drug-likeness (QED) is 0.180. The van der Waals surface area contributed by atoms with E-state index in [1.807, 2.05) is 0 Å². The molecule has 5 heteroatoms. The molecule has 337 valence electrons. The van der Waals surface area contributed by atoms with E-state index in [1.165, 1.54) is 84.8 Å². The average Bonchev–Trinajstić information content (AvgIpc) is 4.00. The van der Waals surface area contributed by atoms with Crippen LogP contribution in [-0.4, -0.2) is 11.8 Å². The van der Waals surface area contributed by atoms with Crippen LogP contribution in [0.2, 0.25) is 0 Å². The highest BCUT2D eigenvalue weighted by molar-refractivity contribution is 6.73. The van der Waals surface area contributed by atoms with Crippen molar-refractivity contribution in [2.24, 2.45) is 0 Å². The van der Waals surface area contributed by atoms with E-state index in [2.05, 4.69) is 216 Å². The minimum atomic E-state index is -0.199. The van der Waals surface area contributed by atoms with E-state index in [-0.39, 0.29) is 27.1 Å². The Labute approximate surface area is 401 Å². The van der Waals surface area contributed by atoms with Crippen LogP contribution in [0.3, 0.4) is 0 Å². The zero-order chi connectivity index (χ0) is 47.2. The predicted molar refractivity (Wildman–Crippen MR) is 288 cm³/mol. The van der Waals surface area contributed by atoms with Gasteiger partial charge in [0.25, 0.3) is 0 Å². The summed E-state index contributed by atoms with van der Waals surface area (Å²) in [7, 11) is 2.33. The second kappa shape index (κ2) is 13.4. The Bertz CT molecular complexity index is 3830. The monoisotopic (exact) mass is 887 g/mol. The van der Waals surface area contributed by atoms with E-state index < -0.39 is 0 Å². The Morgan fingerprint density at radius 3 is 1.91 bits per heavy atom. The minimum absolute atomic E-state index is 0.0290. The number of anilines is 2. The molecule has 1 N–H and O–H groups in total. The van der Waals surface area contributed by atoms with Crippen LogP contribution in [0, 0.1) is 0 Å². The first-order valence-corrected chi connectivity index (χ1v) is 24.8. The van der Waals surface area contributed by atoms with Crippen molar-refractivity contribution in [2.45, 2.75) is 123 Å². The number of rotatable bonds is 3. The molecule has 0 saturated carbocycles. The zero-order valence-electron chi connectivity index (χ0n) is 41.7. The summed E-state index contributed by atoms with van der Waals surface area (Å²) in [6.07, 6.45) is 2.37. The molecule has 4 nitrogen and oxygen atoms in total. The molecule has 0 amide bonds. The fourth-order valence-electron chi connectivity index (χ4n) is 12.4. The van der Waals surface area contributed by atoms with Gasteiger partial charge in [-0.05, 0) is 145 Å². The fraction of sp³-hybridized carbons (Fsp3) is 0.302. The van der Waals surface area contributed by atoms with Gasteiger partial charge in [0.2, 0.25) is 7.28 Å². The maximum absolute atomic E-state index is 6.98. The molecule has 68 heavy (non-hydrogen) atoms. The maximum atomic E-state index is 6.98. The molecule has 1 radical (unpaired) electrons. The molecule has 7 aromatic carbocycles. The van der Waals surface area contributed by atoms with Gasteiger partial charge in [0.1, 0.15) is 16.7 Å². The van der Waals surface area contributed by atoms with Crippen molar-refractivity contribution < 1.29 is 8.83 Å². The number of para-hydroxylation sites is 1. The van der Waals surface area contributed by atoms with Gasteiger partial charge in [-0.25, -0.2) is 0 Å². The summed E-state index contributed by atoms with van der Waals surface area (Å²) in [4.78, 5) is 0. The van der Waals surface area contributed by atoms with Crippen LogP contribution in [0.15, 0.2) is 124 Å². The highest BCUT2D eigenvalue weighted by Gasteiger charge is 2.43. The van der Waals surface area contributed by atoms with Crippen molar-refractivity contribution in [2.75, 3.05) is 5.32 Å². The van der Waals surface area contributed by atoms with E-state index in [9.17, 15) is 0 Å². The number of fused-ring (bicyclic) bond motifs is 14. The SMILES string of the molecule is CC(C)(C)c1ccc(Nc2cc3c(cc2-c2ccc4c5cc6c(cc5n5c4c2[B]c2oc4ccc(C(C)(C)C)cc4c2-5)oc2ccccc26)-c2cc4c(cc2C3(C)C)C(C)(C)CCC4(C)C)cc1. The molecular weight excluding hydrogens is 828 g/mol. The molecule has 0 unspecified atom stereocenters. The molecule has 2 aliphatic carbocycles. The molecule has 0 bridgehead atoms. The predicted octanol–water partition coefficient (Wildman–Crippen LogP) is 16.1. The molecule has 13 rings (SSSR count). The Balaban J connectivity index is 1.11. The van der Waals surface area contributed by atoms with Crippen LogP contribution in [0.5, 0.6) is 0 Å². The van der Waals surface area contributed by atoms with Gasteiger partial charge in [-0.3, -0.25) is 0 Å². The highest BCUT2D eigenvalue weighted by Crippen LogP contribution is 2.56. The van der Waals surface area contributed by atoms with Gasteiger partial charge in [0.15, 0.2) is 0 Å². The first kappa shape index (κ1) is 41.7. The third-order valence-electron chi connectivity index (χ3n) is 16.6. The van der Waals surface area contributed by atoms with E-state index in [0.29, 0.717) is 0 Å². The van der Waals surface area contributed by atoms with E-state index >= 15 is 0 Å². The first-order chi connectivity index (χ1) is 32.2. The normalized spacial score (nSPS) is 16.6. The second-order valence-electron chi connectivity index (χ2n) is 24.4. The van der Waals surface area contributed by atoms with Crippen LogP contribution >= 0.6 is 0 Å². The molecule has 0 fully saturated rings. The Morgan fingerprint density at radius 1 is 0.515 bits per heavy atom. The minimum Gasteiger partial charge on any atom is -0.469 e. The standard InChI is InChI=1S/C63H60BN2O2/c1-59(2,3)34-17-20-36(21-18-34)65-50-32-47-40(41-30-48-49(31-46(41)63(47,11)12)62(9,10)26-25-61(48,7)8)28-42(50)38-22-23-39-43-29-44-37-15-13-14-16-52(37)67-54(44)33-51(43)66-56(39)55(38)64-58-57(66)45-27-35(60(4,5)6)19-24-53(45)68-58/h13-24,27-33,65H,25-26H2,1-12H3. The summed E-state index contributed by atoms with van der Waals surface area (Å²) in [5.74, 6) is 0. The Hall–Kier alpha value is -6.46. The number of hydrogen-bond donors (Lipinski definition) is 1. The molecule has 0 saturated heterocycles. The van der Waals surface area contributed by atoms with Gasteiger partial charge in [0, 0.05) is 60.9 Å². The number of nitrogens with one attached hydrogen (secondary N) is 1. The smallest absolute Gasteiger partial charge is 0.247 e. The summed E-state index contributed by atoms with van der Waals surface area (Å²) < 4.78 is 16.1. The number of furan rings is 2. The van der Waals surface area contributed by atoms with E-state index in [4.69, 9.17) is 8.83 Å². The lowest BCUT2D eigenvalue weighted by atomic mass is 9.62. The van der Waals surface area contributed by atoms with Gasteiger partial charge in [-0.2, -0.15) is 0 Å². The number of aromatic nitrogens is 1. The molecule has 10 aromatic rings.